The summed E-state index contributed by atoms with van der Waals surface area (Å²) in [5, 5.41) is 0. The summed E-state index contributed by atoms with van der Waals surface area (Å²) in [7, 11) is -1.56. The van der Waals surface area contributed by atoms with Gasteiger partial charge in [0.15, 0.2) is 0 Å². The standard InChI is InChI=1S/C18H32Si/c1-5-7-9-11-13-15-17-19(3,4)18-16-14-12-10-8-6-2/h5-14H2,1-4H3. The summed E-state index contributed by atoms with van der Waals surface area (Å²) in [5.41, 5.74) is 6.91. The molecule has 0 fully saturated rings. The van der Waals surface area contributed by atoms with Crippen LogP contribution in [-0.4, -0.2) is 8.07 Å². The fraction of sp³-hybridized carbons (Fsp3) is 0.778. The van der Waals surface area contributed by atoms with Crippen molar-refractivity contribution >= 4 is 8.07 Å². The molecule has 0 aromatic carbocycles. The molecular weight excluding hydrogens is 244 g/mol. The summed E-state index contributed by atoms with van der Waals surface area (Å²) in [6.07, 6.45) is 12.6. The van der Waals surface area contributed by atoms with Crippen LogP contribution in [0.15, 0.2) is 0 Å². The SMILES string of the molecule is CCCCCCC#C[Si](C)(C)C#CCCCCCC. The van der Waals surface area contributed by atoms with Crippen LogP contribution < -0.4 is 0 Å². The highest BCUT2D eigenvalue weighted by Crippen LogP contribution is 2.04. The molecule has 108 valence electrons. The third kappa shape index (κ3) is 13.6. The molecule has 0 aliphatic carbocycles. The minimum atomic E-state index is -1.56. The Hall–Kier alpha value is -0.663. The largest absolute Gasteiger partial charge is 0.210 e. The van der Waals surface area contributed by atoms with Crippen LogP contribution in [0.4, 0.5) is 0 Å². The zero-order valence-electron chi connectivity index (χ0n) is 13.6. The lowest BCUT2D eigenvalue weighted by Gasteiger charge is -2.03. The van der Waals surface area contributed by atoms with Crippen molar-refractivity contribution in [1.82, 2.24) is 0 Å². The van der Waals surface area contributed by atoms with E-state index in [1.54, 1.807) is 0 Å². The Labute approximate surface area is 122 Å². The van der Waals surface area contributed by atoms with Crippen LogP contribution in [0.1, 0.15) is 78.1 Å². The summed E-state index contributed by atoms with van der Waals surface area (Å²) >= 11 is 0. The van der Waals surface area contributed by atoms with Crippen molar-refractivity contribution in [2.45, 2.75) is 91.1 Å². The van der Waals surface area contributed by atoms with E-state index in [4.69, 9.17) is 0 Å². The fourth-order valence-electron chi connectivity index (χ4n) is 1.88. The quantitative estimate of drug-likeness (QED) is 0.302. The van der Waals surface area contributed by atoms with Crippen molar-refractivity contribution in [2.24, 2.45) is 0 Å². The van der Waals surface area contributed by atoms with Gasteiger partial charge >= 0.3 is 0 Å². The molecule has 0 aromatic heterocycles. The van der Waals surface area contributed by atoms with Crippen LogP contribution in [0.3, 0.4) is 0 Å². The van der Waals surface area contributed by atoms with Gasteiger partial charge in [-0.3, -0.25) is 0 Å². The van der Waals surface area contributed by atoms with Gasteiger partial charge in [0, 0.05) is 12.8 Å². The Morgan fingerprint density at radius 2 is 1.05 bits per heavy atom. The Morgan fingerprint density at radius 3 is 1.42 bits per heavy atom. The maximum Gasteiger partial charge on any atom is 0.210 e. The van der Waals surface area contributed by atoms with Crippen molar-refractivity contribution in [2.75, 3.05) is 0 Å². The molecule has 0 nitrogen and oxygen atoms in total. The maximum atomic E-state index is 3.45. The van der Waals surface area contributed by atoms with E-state index in [1.807, 2.05) is 0 Å². The van der Waals surface area contributed by atoms with E-state index < -0.39 is 8.07 Å². The van der Waals surface area contributed by atoms with E-state index in [1.165, 1.54) is 51.4 Å². The summed E-state index contributed by atoms with van der Waals surface area (Å²) in [6, 6.07) is 0. The van der Waals surface area contributed by atoms with Gasteiger partial charge in [0.05, 0.1) is 0 Å². The first-order valence-electron chi connectivity index (χ1n) is 8.12. The van der Waals surface area contributed by atoms with E-state index in [2.05, 4.69) is 49.9 Å². The molecule has 0 amide bonds. The highest BCUT2D eigenvalue weighted by molar-refractivity contribution is 6.92. The number of hydrogen-bond acceptors (Lipinski definition) is 0. The second kappa shape index (κ2) is 12.4. The third-order valence-electron chi connectivity index (χ3n) is 3.11. The number of unbranched alkanes of at least 4 members (excludes halogenated alkanes) is 8. The predicted octanol–water partition coefficient (Wildman–Crippen LogP) is 5.72. The molecule has 0 radical (unpaired) electrons. The van der Waals surface area contributed by atoms with Crippen LogP contribution in [0.5, 0.6) is 0 Å². The molecular formula is C18H32Si. The smallest absolute Gasteiger partial charge is 0.116 e. The lowest BCUT2D eigenvalue weighted by atomic mass is 10.2. The monoisotopic (exact) mass is 276 g/mol. The fourth-order valence-corrected chi connectivity index (χ4v) is 3.07. The van der Waals surface area contributed by atoms with E-state index in [0.29, 0.717) is 0 Å². The lowest BCUT2D eigenvalue weighted by Crippen LogP contribution is -2.20. The van der Waals surface area contributed by atoms with Crippen molar-refractivity contribution < 1.29 is 0 Å². The molecule has 0 aliphatic heterocycles. The van der Waals surface area contributed by atoms with Crippen molar-refractivity contribution in [1.29, 1.82) is 0 Å². The molecule has 0 aliphatic rings. The van der Waals surface area contributed by atoms with Crippen molar-refractivity contribution in [3.8, 4) is 22.9 Å². The Balaban J connectivity index is 3.83. The van der Waals surface area contributed by atoms with Crippen molar-refractivity contribution in [3.05, 3.63) is 0 Å². The molecule has 0 bridgehead atoms. The van der Waals surface area contributed by atoms with Gasteiger partial charge in [0.2, 0.25) is 8.07 Å². The molecule has 0 saturated heterocycles. The van der Waals surface area contributed by atoms with E-state index >= 15 is 0 Å². The van der Waals surface area contributed by atoms with Crippen LogP contribution in [0, 0.1) is 22.9 Å². The van der Waals surface area contributed by atoms with E-state index in [0.717, 1.165) is 12.8 Å². The zero-order chi connectivity index (χ0) is 14.4. The summed E-state index contributed by atoms with van der Waals surface area (Å²) < 4.78 is 0. The predicted molar refractivity (Wildman–Crippen MR) is 90.6 cm³/mol. The van der Waals surface area contributed by atoms with Crippen molar-refractivity contribution in [3.63, 3.8) is 0 Å². The van der Waals surface area contributed by atoms with Gasteiger partial charge in [-0.2, -0.15) is 0 Å². The number of hydrogen-bond donors (Lipinski definition) is 0. The molecule has 0 saturated carbocycles. The molecule has 0 aromatic rings. The van der Waals surface area contributed by atoms with Gasteiger partial charge < -0.3 is 0 Å². The molecule has 0 spiro atoms. The zero-order valence-corrected chi connectivity index (χ0v) is 14.6. The molecule has 0 N–H and O–H groups in total. The summed E-state index contributed by atoms with van der Waals surface area (Å²) in [6.45, 7) is 9.03. The second-order valence-corrected chi connectivity index (χ2v) is 9.60. The van der Waals surface area contributed by atoms with E-state index in [9.17, 15) is 0 Å². The molecule has 0 heterocycles. The first-order chi connectivity index (χ1) is 9.12. The van der Waals surface area contributed by atoms with Crippen LogP contribution >= 0.6 is 0 Å². The van der Waals surface area contributed by atoms with E-state index in [-0.39, 0.29) is 0 Å². The van der Waals surface area contributed by atoms with Gasteiger partial charge in [-0.25, -0.2) is 0 Å². The highest BCUT2D eigenvalue weighted by atomic mass is 28.3. The van der Waals surface area contributed by atoms with Gasteiger partial charge in [-0.15, -0.1) is 22.9 Å². The van der Waals surface area contributed by atoms with Gasteiger partial charge in [0.1, 0.15) is 0 Å². The van der Waals surface area contributed by atoms with Gasteiger partial charge in [-0.1, -0.05) is 52.4 Å². The van der Waals surface area contributed by atoms with Crippen LogP contribution in [0.25, 0.3) is 0 Å². The summed E-state index contributed by atoms with van der Waals surface area (Å²) in [4.78, 5) is 0. The maximum absolute atomic E-state index is 3.45. The molecule has 0 rings (SSSR count). The first-order valence-corrected chi connectivity index (χ1v) is 11.1. The normalized spacial score (nSPS) is 10.3. The average molecular weight is 277 g/mol. The lowest BCUT2D eigenvalue weighted by molar-refractivity contribution is 0.679. The topological polar surface area (TPSA) is 0 Å². The van der Waals surface area contributed by atoms with Crippen LogP contribution in [-0.2, 0) is 0 Å². The first kappa shape index (κ1) is 18.3. The highest BCUT2D eigenvalue weighted by Gasteiger charge is 2.13. The Morgan fingerprint density at radius 1 is 0.632 bits per heavy atom. The van der Waals surface area contributed by atoms with Crippen LogP contribution in [0.2, 0.25) is 13.1 Å². The summed E-state index contributed by atoms with van der Waals surface area (Å²) in [5.74, 6) is 6.71. The van der Waals surface area contributed by atoms with Gasteiger partial charge in [-0.05, 0) is 25.9 Å². The molecule has 0 unspecified atom stereocenters. The average Bonchev–Trinajstić information content (AvgIpc) is 2.38. The minimum absolute atomic E-state index is 1.06. The van der Waals surface area contributed by atoms with Gasteiger partial charge in [0.25, 0.3) is 0 Å². The Bertz CT molecular complexity index is 287. The number of rotatable bonds is 8. The minimum Gasteiger partial charge on any atom is -0.116 e. The molecule has 19 heavy (non-hydrogen) atoms. The molecule has 0 atom stereocenters. The Kier molecular flexibility index (Phi) is 11.9. The third-order valence-corrected chi connectivity index (χ3v) is 4.72. The molecule has 1 heteroatoms. The second-order valence-electron chi connectivity index (χ2n) is 5.85.